The van der Waals surface area contributed by atoms with E-state index in [0.717, 1.165) is 11.8 Å². The van der Waals surface area contributed by atoms with Crippen LogP contribution < -0.4 is 0 Å². The van der Waals surface area contributed by atoms with Crippen LogP contribution in [0.3, 0.4) is 0 Å². The number of hydrogen-bond acceptors (Lipinski definition) is 3. The largest absolute Gasteiger partial charge is 0.522 e. The van der Waals surface area contributed by atoms with Crippen molar-refractivity contribution in [2.24, 2.45) is 0 Å². The van der Waals surface area contributed by atoms with Crippen molar-refractivity contribution in [3.8, 4) is 0 Å². The fraction of sp³-hybridized carbons (Fsp3) is 1.00. The Morgan fingerprint density at radius 1 is 1.31 bits per heavy atom. The highest BCUT2D eigenvalue weighted by molar-refractivity contribution is 9.09. The summed E-state index contributed by atoms with van der Waals surface area (Å²) in [6, 6.07) is 0. The van der Waals surface area contributed by atoms with Crippen LogP contribution in [0.2, 0.25) is 0 Å². The molecule has 13 heavy (non-hydrogen) atoms. The monoisotopic (exact) mass is 288 g/mol. The summed E-state index contributed by atoms with van der Waals surface area (Å²) in [6.45, 7) is 0.297. The Kier molecular flexibility index (Phi) is 7.89. The average molecular weight is 289 g/mol. The minimum atomic E-state index is -5.84. The zero-order valence-electron chi connectivity index (χ0n) is 6.25. The van der Waals surface area contributed by atoms with E-state index in [9.17, 15) is 13.2 Å². The molecule has 0 atom stereocenters. The smallest absolute Gasteiger partial charge is 0.396 e. The molecule has 0 heterocycles. The Bertz CT molecular complexity index is 210. The van der Waals surface area contributed by atoms with Gasteiger partial charge in [-0.3, -0.25) is 4.55 Å². The van der Waals surface area contributed by atoms with Gasteiger partial charge in [-0.25, -0.2) is 0 Å². The molecule has 0 bridgehead atoms. The van der Waals surface area contributed by atoms with Gasteiger partial charge >= 0.3 is 15.6 Å². The molecule has 82 valence electrons. The topological polar surface area (TPSA) is 74.6 Å². The number of alkyl halides is 4. The SMILES string of the molecule is O=S(=O)(O)C(F)(F)F.OCCCBr. The van der Waals surface area contributed by atoms with E-state index in [0.29, 0.717) is 6.61 Å². The first-order valence-electron chi connectivity index (χ1n) is 2.87. The molecule has 0 saturated carbocycles. The highest BCUT2D eigenvalue weighted by Crippen LogP contribution is 2.20. The summed E-state index contributed by atoms with van der Waals surface area (Å²) >= 11 is 3.15. The molecule has 0 saturated heterocycles. The molecule has 0 aliphatic heterocycles. The van der Waals surface area contributed by atoms with Crippen molar-refractivity contribution >= 4 is 26.0 Å². The van der Waals surface area contributed by atoms with Gasteiger partial charge in [0, 0.05) is 11.9 Å². The molecule has 0 aromatic heterocycles. The second kappa shape index (κ2) is 6.57. The van der Waals surface area contributed by atoms with Gasteiger partial charge in [0.15, 0.2) is 0 Å². The fourth-order valence-corrected chi connectivity index (χ4v) is 0.311. The van der Waals surface area contributed by atoms with Gasteiger partial charge < -0.3 is 5.11 Å². The van der Waals surface area contributed by atoms with Gasteiger partial charge in [-0.05, 0) is 6.42 Å². The molecule has 9 heteroatoms. The molecule has 0 amide bonds. The van der Waals surface area contributed by atoms with Crippen molar-refractivity contribution in [1.29, 1.82) is 0 Å². The second-order valence-electron chi connectivity index (χ2n) is 1.69. The summed E-state index contributed by atoms with van der Waals surface area (Å²) in [7, 11) is -5.84. The molecular weight excluding hydrogens is 281 g/mol. The number of aliphatic hydroxyl groups excluding tert-OH is 1. The molecule has 0 aliphatic carbocycles. The fourth-order valence-electron chi connectivity index (χ4n) is 0.0598. The first kappa shape index (κ1) is 15.6. The number of hydrogen-bond donors (Lipinski definition) is 2. The van der Waals surface area contributed by atoms with Crippen LogP contribution >= 0.6 is 15.9 Å². The standard InChI is InChI=1S/C3H7BrO.CHF3O3S/c4-2-1-3-5;2-1(3,4)8(5,6)7/h5H,1-3H2;(H,5,6,7). The summed E-state index contributed by atoms with van der Waals surface area (Å²) in [5.74, 6) is 0. The van der Waals surface area contributed by atoms with Crippen molar-refractivity contribution < 1.29 is 31.2 Å². The molecule has 2 N–H and O–H groups in total. The Morgan fingerprint density at radius 3 is 1.62 bits per heavy atom. The first-order chi connectivity index (χ1) is 5.66. The third kappa shape index (κ3) is 10.1. The van der Waals surface area contributed by atoms with Crippen LogP contribution in [-0.4, -0.2) is 35.5 Å². The lowest BCUT2D eigenvalue weighted by Gasteiger charge is -1.97. The molecule has 0 aromatic carbocycles. The van der Waals surface area contributed by atoms with Crippen molar-refractivity contribution in [3.05, 3.63) is 0 Å². The van der Waals surface area contributed by atoms with E-state index in [2.05, 4.69) is 15.9 Å². The van der Waals surface area contributed by atoms with Crippen LogP contribution in [0.5, 0.6) is 0 Å². The molecule has 0 rings (SSSR count). The normalized spacial score (nSPS) is 11.8. The van der Waals surface area contributed by atoms with E-state index in [1.54, 1.807) is 0 Å². The molecule has 0 aliphatic rings. The van der Waals surface area contributed by atoms with E-state index in [1.165, 1.54) is 0 Å². The van der Waals surface area contributed by atoms with Gasteiger partial charge in [-0.1, -0.05) is 15.9 Å². The number of rotatable bonds is 2. The first-order valence-corrected chi connectivity index (χ1v) is 5.43. The van der Waals surface area contributed by atoms with Crippen molar-refractivity contribution in [1.82, 2.24) is 0 Å². The third-order valence-corrected chi connectivity index (χ3v) is 1.73. The van der Waals surface area contributed by atoms with E-state index in [1.807, 2.05) is 0 Å². The zero-order chi connectivity index (χ0) is 11.1. The average Bonchev–Trinajstić information content (AvgIpc) is 1.85. The highest BCUT2D eigenvalue weighted by Gasteiger charge is 2.44. The Balaban J connectivity index is 0. The van der Waals surface area contributed by atoms with Crippen LogP contribution in [0.1, 0.15) is 6.42 Å². The lowest BCUT2D eigenvalue weighted by atomic mass is 10.5. The summed E-state index contributed by atoms with van der Waals surface area (Å²) in [6.07, 6.45) is 0.861. The van der Waals surface area contributed by atoms with E-state index in [4.69, 9.17) is 18.1 Å². The van der Waals surface area contributed by atoms with Crippen LogP contribution in [0.15, 0.2) is 0 Å². The molecule has 0 aromatic rings. The quantitative estimate of drug-likeness (QED) is 0.454. The number of halogens is 4. The number of aliphatic hydroxyl groups is 1. The summed E-state index contributed by atoms with van der Waals surface area (Å²) in [4.78, 5) is 0. The van der Waals surface area contributed by atoms with Gasteiger partial charge in [0.25, 0.3) is 0 Å². The van der Waals surface area contributed by atoms with Crippen molar-refractivity contribution in [2.75, 3.05) is 11.9 Å². The van der Waals surface area contributed by atoms with Crippen LogP contribution in [-0.2, 0) is 10.1 Å². The van der Waals surface area contributed by atoms with Gasteiger partial charge in [-0.2, -0.15) is 21.6 Å². The molecule has 0 spiro atoms. The summed E-state index contributed by atoms with van der Waals surface area (Å²) < 4.78 is 57.5. The minimum absolute atomic E-state index is 0.297. The van der Waals surface area contributed by atoms with Crippen molar-refractivity contribution in [2.45, 2.75) is 11.9 Å². The third-order valence-electron chi connectivity index (χ3n) is 0.584. The van der Waals surface area contributed by atoms with Gasteiger partial charge in [0.05, 0.1) is 0 Å². The highest BCUT2D eigenvalue weighted by atomic mass is 79.9. The van der Waals surface area contributed by atoms with Crippen LogP contribution in [0.4, 0.5) is 13.2 Å². The van der Waals surface area contributed by atoms with E-state index >= 15 is 0 Å². The Labute approximate surface area is 81.6 Å². The van der Waals surface area contributed by atoms with E-state index < -0.39 is 15.6 Å². The summed E-state index contributed by atoms with van der Waals surface area (Å²) in [5, 5.41) is 8.94. The van der Waals surface area contributed by atoms with Crippen molar-refractivity contribution in [3.63, 3.8) is 0 Å². The predicted octanol–water partition coefficient (Wildman–Crippen LogP) is 1.16. The Hall–Kier alpha value is 0.140. The minimum Gasteiger partial charge on any atom is -0.396 e. The summed E-state index contributed by atoms with van der Waals surface area (Å²) in [5.41, 5.74) is -5.53. The second-order valence-corrected chi connectivity index (χ2v) is 3.89. The zero-order valence-corrected chi connectivity index (χ0v) is 8.65. The molecule has 0 unspecified atom stereocenters. The maximum atomic E-state index is 10.7. The molecular formula is C4H8BrF3O4S. The van der Waals surface area contributed by atoms with E-state index in [-0.39, 0.29) is 0 Å². The van der Waals surface area contributed by atoms with Gasteiger partial charge in [-0.15, -0.1) is 0 Å². The molecule has 4 nitrogen and oxygen atoms in total. The van der Waals surface area contributed by atoms with Gasteiger partial charge in [0.2, 0.25) is 0 Å². The molecule has 0 fully saturated rings. The predicted molar refractivity (Wildman–Crippen MR) is 43.1 cm³/mol. The molecule has 0 radical (unpaired) electrons. The Morgan fingerprint density at radius 2 is 1.62 bits per heavy atom. The van der Waals surface area contributed by atoms with Gasteiger partial charge in [0.1, 0.15) is 0 Å². The lowest BCUT2D eigenvalue weighted by Crippen LogP contribution is -2.21. The van der Waals surface area contributed by atoms with Crippen LogP contribution in [0.25, 0.3) is 0 Å². The maximum Gasteiger partial charge on any atom is 0.522 e. The lowest BCUT2D eigenvalue weighted by molar-refractivity contribution is -0.0510. The maximum absolute atomic E-state index is 10.7. The van der Waals surface area contributed by atoms with Crippen LogP contribution in [0, 0.1) is 0 Å².